The summed E-state index contributed by atoms with van der Waals surface area (Å²) in [5.74, 6) is -0.545. The highest BCUT2D eigenvalue weighted by molar-refractivity contribution is 6.42. The van der Waals surface area contributed by atoms with Gasteiger partial charge in [0.1, 0.15) is 0 Å². The number of hydrogen-bond acceptors (Lipinski definition) is 3. The van der Waals surface area contributed by atoms with Gasteiger partial charge in [-0.1, -0.05) is 35.3 Å². The number of benzene rings is 1. The minimum absolute atomic E-state index is 0.288. The zero-order valence-electron chi connectivity index (χ0n) is 10.8. The maximum atomic E-state index is 11.9. The SMILES string of the molecule is COC(=O)C1=C(C)NC(=O)N[C@H]1c1cccc(Cl)c1Cl. The van der Waals surface area contributed by atoms with Crippen molar-refractivity contribution in [3.8, 4) is 0 Å². The highest BCUT2D eigenvalue weighted by atomic mass is 35.5. The lowest BCUT2D eigenvalue weighted by Gasteiger charge is -2.28. The second-order valence-electron chi connectivity index (χ2n) is 4.20. The number of amides is 2. The Bertz CT molecular complexity index is 614. The van der Waals surface area contributed by atoms with Crippen LogP contribution in [0.3, 0.4) is 0 Å². The van der Waals surface area contributed by atoms with Crippen LogP contribution in [-0.4, -0.2) is 19.1 Å². The standard InChI is InChI=1S/C13H12Cl2N2O3/c1-6-9(12(18)20-2)11(17-13(19)16-6)7-4-3-5-8(14)10(7)15/h3-5,11H,1-2H3,(H2,16,17,19)/t11-/m0/s1. The fourth-order valence-corrected chi connectivity index (χ4v) is 2.47. The fourth-order valence-electron chi connectivity index (χ4n) is 2.05. The van der Waals surface area contributed by atoms with E-state index in [0.717, 1.165) is 0 Å². The van der Waals surface area contributed by atoms with E-state index in [1.165, 1.54) is 7.11 Å². The predicted molar refractivity (Wildman–Crippen MR) is 75.6 cm³/mol. The third-order valence-corrected chi connectivity index (χ3v) is 3.80. The van der Waals surface area contributed by atoms with Crippen LogP contribution in [0, 0.1) is 0 Å². The van der Waals surface area contributed by atoms with Crippen molar-refractivity contribution in [2.24, 2.45) is 0 Å². The van der Waals surface area contributed by atoms with Gasteiger partial charge in [0.25, 0.3) is 0 Å². The Morgan fingerprint density at radius 2 is 2.05 bits per heavy atom. The number of ether oxygens (including phenoxy) is 1. The van der Waals surface area contributed by atoms with E-state index in [0.29, 0.717) is 16.3 Å². The van der Waals surface area contributed by atoms with Crippen LogP contribution >= 0.6 is 23.2 Å². The molecule has 106 valence electrons. The van der Waals surface area contributed by atoms with Crippen LogP contribution in [0.1, 0.15) is 18.5 Å². The van der Waals surface area contributed by atoms with E-state index in [9.17, 15) is 9.59 Å². The molecule has 7 heteroatoms. The molecule has 5 nitrogen and oxygen atoms in total. The summed E-state index contributed by atoms with van der Waals surface area (Å²) in [6, 6.07) is 3.89. The van der Waals surface area contributed by atoms with E-state index >= 15 is 0 Å². The summed E-state index contributed by atoms with van der Waals surface area (Å²) in [7, 11) is 1.27. The van der Waals surface area contributed by atoms with Gasteiger partial charge in [0.15, 0.2) is 0 Å². The molecule has 1 atom stereocenters. The van der Waals surface area contributed by atoms with Crippen molar-refractivity contribution >= 4 is 35.2 Å². The predicted octanol–water partition coefficient (Wildman–Crippen LogP) is 2.79. The summed E-state index contributed by atoms with van der Waals surface area (Å²) in [5, 5.41) is 5.81. The van der Waals surface area contributed by atoms with E-state index in [1.54, 1.807) is 25.1 Å². The molecule has 2 N–H and O–H groups in total. The molecule has 0 fully saturated rings. The first kappa shape index (κ1) is 14.7. The van der Waals surface area contributed by atoms with Crippen LogP contribution in [0.15, 0.2) is 29.5 Å². The minimum Gasteiger partial charge on any atom is -0.466 e. The molecule has 1 aromatic rings. The van der Waals surface area contributed by atoms with Gasteiger partial charge in [0.2, 0.25) is 0 Å². The molecule has 1 heterocycles. The highest BCUT2D eigenvalue weighted by Crippen LogP contribution is 2.35. The lowest BCUT2D eigenvalue weighted by atomic mass is 9.95. The average Bonchev–Trinajstić information content (AvgIpc) is 2.40. The number of rotatable bonds is 2. The lowest BCUT2D eigenvalue weighted by Crippen LogP contribution is -2.45. The molecule has 20 heavy (non-hydrogen) atoms. The largest absolute Gasteiger partial charge is 0.466 e. The van der Waals surface area contributed by atoms with E-state index in [-0.39, 0.29) is 10.6 Å². The van der Waals surface area contributed by atoms with Crippen LogP contribution in [0.2, 0.25) is 10.0 Å². The van der Waals surface area contributed by atoms with Crippen molar-refractivity contribution in [1.29, 1.82) is 0 Å². The molecule has 0 aliphatic carbocycles. The van der Waals surface area contributed by atoms with Gasteiger partial charge in [0, 0.05) is 5.70 Å². The number of nitrogens with one attached hydrogen (secondary N) is 2. The summed E-state index contributed by atoms with van der Waals surface area (Å²) in [4.78, 5) is 23.5. The Morgan fingerprint density at radius 1 is 1.35 bits per heavy atom. The molecular weight excluding hydrogens is 303 g/mol. The topological polar surface area (TPSA) is 67.4 Å². The third kappa shape index (κ3) is 2.59. The fraction of sp³-hybridized carbons (Fsp3) is 0.231. The van der Waals surface area contributed by atoms with E-state index in [1.807, 2.05) is 0 Å². The number of carbonyl (C=O) groups excluding carboxylic acids is 2. The summed E-state index contributed by atoms with van der Waals surface area (Å²) >= 11 is 12.1. The van der Waals surface area contributed by atoms with E-state index in [2.05, 4.69) is 10.6 Å². The molecule has 0 spiro atoms. The van der Waals surface area contributed by atoms with Crippen LogP contribution in [0.25, 0.3) is 0 Å². The number of allylic oxidation sites excluding steroid dienone is 1. The van der Waals surface area contributed by atoms with E-state index < -0.39 is 18.0 Å². The maximum absolute atomic E-state index is 11.9. The van der Waals surface area contributed by atoms with Crippen LogP contribution in [0.5, 0.6) is 0 Å². The third-order valence-electron chi connectivity index (χ3n) is 2.97. The van der Waals surface area contributed by atoms with E-state index in [4.69, 9.17) is 27.9 Å². The van der Waals surface area contributed by atoms with Crippen molar-refractivity contribution in [2.45, 2.75) is 13.0 Å². The maximum Gasteiger partial charge on any atom is 0.337 e. The molecule has 0 unspecified atom stereocenters. The molecular formula is C13H12Cl2N2O3. The molecule has 0 saturated carbocycles. The summed E-state index contributed by atoms with van der Waals surface area (Å²) < 4.78 is 4.75. The number of esters is 1. The zero-order chi connectivity index (χ0) is 14.9. The molecule has 1 aromatic carbocycles. The Morgan fingerprint density at radius 3 is 2.70 bits per heavy atom. The molecule has 1 aliphatic heterocycles. The van der Waals surface area contributed by atoms with Crippen molar-refractivity contribution < 1.29 is 14.3 Å². The molecule has 0 bridgehead atoms. The van der Waals surface area contributed by atoms with Crippen LogP contribution in [0.4, 0.5) is 4.79 Å². The summed E-state index contributed by atoms with van der Waals surface area (Å²) in [6.45, 7) is 1.62. The number of carbonyl (C=O) groups is 2. The van der Waals surface area contributed by atoms with Crippen molar-refractivity contribution in [2.75, 3.05) is 7.11 Å². The Hall–Kier alpha value is -1.72. The van der Waals surface area contributed by atoms with Gasteiger partial charge in [-0.2, -0.15) is 0 Å². The van der Waals surface area contributed by atoms with Gasteiger partial charge in [-0.3, -0.25) is 0 Å². The Kier molecular flexibility index (Phi) is 4.20. The highest BCUT2D eigenvalue weighted by Gasteiger charge is 2.33. The van der Waals surface area contributed by atoms with Gasteiger partial charge in [-0.05, 0) is 18.6 Å². The first-order valence-electron chi connectivity index (χ1n) is 5.76. The van der Waals surface area contributed by atoms with Gasteiger partial charge in [-0.25, -0.2) is 9.59 Å². The van der Waals surface area contributed by atoms with Gasteiger partial charge >= 0.3 is 12.0 Å². The molecule has 0 saturated heterocycles. The van der Waals surface area contributed by atoms with Crippen LogP contribution in [-0.2, 0) is 9.53 Å². The molecule has 2 amide bonds. The second kappa shape index (κ2) is 5.73. The van der Waals surface area contributed by atoms with Gasteiger partial charge in [-0.15, -0.1) is 0 Å². The lowest BCUT2D eigenvalue weighted by molar-refractivity contribution is -0.136. The normalized spacial score (nSPS) is 18.4. The molecule has 0 radical (unpaired) electrons. The Balaban J connectivity index is 2.57. The van der Waals surface area contributed by atoms with Crippen LogP contribution < -0.4 is 10.6 Å². The quantitative estimate of drug-likeness (QED) is 0.825. The van der Waals surface area contributed by atoms with Gasteiger partial charge in [0.05, 0.1) is 28.8 Å². The smallest absolute Gasteiger partial charge is 0.337 e. The number of halogens is 2. The number of urea groups is 1. The molecule has 1 aliphatic rings. The molecule has 0 aromatic heterocycles. The Labute approximate surface area is 125 Å². The summed E-state index contributed by atoms with van der Waals surface area (Å²) in [6.07, 6.45) is 0. The molecule has 2 rings (SSSR count). The monoisotopic (exact) mass is 314 g/mol. The number of methoxy groups -OCH3 is 1. The average molecular weight is 315 g/mol. The van der Waals surface area contributed by atoms with Crippen molar-refractivity contribution in [1.82, 2.24) is 10.6 Å². The first-order valence-corrected chi connectivity index (χ1v) is 6.51. The van der Waals surface area contributed by atoms with Gasteiger partial charge < -0.3 is 15.4 Å². The number of hydrogen-bond donors (Lipinski definition) is 2. The first-order chi connectivity index (χ1) is 9.45. The zero-order valence-corrected chi connectivity index (χ0v) is 12.3. The second-order valence-corrected chi connectivity index (χ2v) is 4.99. The summed E-state index contributed by atoms with van der Waals surface area (Å²) in [5.41, 5.74) is 1.24. The van der Waals surface area contributed by atoms with Crippen molar-refractivity contribution in [3.63, 3.8) is 0 Å². The van der Waals surface area contributed by atoms with Crippen molar-refractivity contribution in [3.05, 3.63) is 45.1 Å². The minimum atomic E-state index is -0.706.